The van der Waals surface area contributed by atoms with E-state index in [1.165, 1.54) is 5.56 Å². The average Bonchev–Trinajstić information content (AvgIpc) is 2.80. The van der Waals surface area contributed by atoms with Crippen LogP contribution in [0.25, 0.3) is 0 Å². The average molecular weight is 449 g/mol. The van der Waals surface area contributed by atoms with E-state index in [1.54, 1.807) is 0 Å². The normalized spacial score (nSPS) is 20.5. The van der Waals surface area contributed by atoms with Gasteiger partial charge < -0.3 is 14.5 Å². The molecule has 1 unspecified atom stereocenters. The van der Waals surface area contributed by atoms with Gasteiger partial charge >= 0.3 is 6.09 Å². The fourth-order valence-corrected chi connectivity index (χ4v) is 5.36. The summed E-state index contributed by atoms with van der Waals surface area (Å²) < 4.78 is 5.68. The van der Waals surface area contributed by atoms with Gasteiger partial charge in [0.1, 0.15) is 5.60 Å². The van der Waals surface area contributed by atoms with Crippen LogP contribution >= 0.6 is 0 Å². The summed E-state index contributed by atoms with van der Waals surface area (Å²) in [6.07, 6.45) is 3.10. The van der Waals surface area contributed by atoms with Crippen LogP contribution in [0.1, 0.15) is 57.1 Å². The van der Waals surface area contributed by atoms with Gasteiger partial charge in [0, 0.05) is 32.1 Å². The van der Waals surface area contributed by atoms with Crippen molar-refractivity contribution in [2.75, 3.05) is 26.2 Å². The zero-order valence-corrected chi connectivity index (χ0v) is 20.1. The largest absolute Gasteiger partial charge is 0.444 e. The quantitative estimate of drug-likeness (QED) is 0.643. The minimum absolute atomic E-state index is 0.101. The van der Waals surface area contributed by atoms with Gasteiger partial charge in [-0.05, 0) is 56.6 Å². The predicted octanol–water partition coefficient (Wildman–Crippen LogP) is 5.26. The molecule has 2 saturated heterocycles. The third kappa shape index (κ3) is 5.58. The van der Waals surface area contributed by atoms with Gasteiger partial charge in [0.05, 0.1) is 6.42 Å². The summed E-state index contributed by atoms with van der Waals surface area (Å²) in [6.45, 7) is 8.66. The summed E-state index contributed by atoms with van der Waals surface area (Å²) in [5.41, 5.74) is 1.94. The van der Waals surface area contributed by atoms with Crippen molar-refractivity contribution in [3.8, 4) is 0 Å². The zero-order chi connectivity index (χ0) is 23.5. The minimum Gasteiger partial charge on any atom is -0.444 e. The number of likely N-dealkylation sites (tertiary alicyclic amines) is 2. The van der Waals surface area contributed by atoms with Crippen molar-refractivity contribution in [1.29, 1.82) is 0 Å². The summed E-state index contributed by atoms with van der Waals surface area (Å²) in [4.78, 5) is 29.7. The molecule has 33 heavy (non-hydrogen) atoms. The van der Waals surface area contributed by atoms with Crippen molar-refractivity contribution in [3.63, 3.8) is 0 Å². The van der Waals surface area contributed by atoms with E-state index in [2.05, 4.69) is 24.3 Å². The number of hydrogen-bond acceptors (Lipinski definition) is 3. The standard InChI is InChI=1S/C28H36N2O3/c1-27(2,3)33-26(32)30-19-16-28(24(21-30)23-12-8-5-9-13-23)14-17-29(18-15-28)25(31)20-22-10-6-4-7-11-22/h4-13,24H,14-21H2,1-3H3. The lowest BCUT2D eigenvalue weighted by molar-refractivity contribution is -0.133. The Morgan fingerprint density at radius 2 is 1.42 bits per heavy atom. The molecule has 0 radical (unpaired) electrons. The second kappa shape index (κ2) is 9.58. The van der Waals surface area contributed by atoms with Gasteiger partial charge in [0.2, 0.25) is 5.91 Å². The Morgan fingerprint density at radius 1 is 0.879 bits per heavy atom. The Labute approximate surface area is 197 Å². The van der Waals surface area contributed by atoms with Crippen LogP contribution in [0.3, 0.4) is 0 Å². The first-order chi connectivity index (χ1) is 15.8. The summed E-state index contributed by atoms with van der Waals surface area (Å²) in [7, 11) is 0. The Hall–Kier alpha value is -2.82. The number of piperidine rings is 2. The highest BCUT2D eigenvalue weighted by Crippen LogP contribution is 2.50. The molecule has 2 fully saturated rings. The molecule has 2 aromatic rings. The van der Waals surface area contributed by atoms with Crippen LogP contribution in [0.4, 0.5) is 4.79 Å². The number of ether oxygens (including phenoxy) is 1. The minimum atomic E-state index is -0.501. The van der Waals surface area contributed by atoms with Crippen molar-refractivity contribution in [2.45, 2.75) is 58.0 Å². The van der Waals surface area contributed by atoms with Gasteiger partial charge in [-0.3, -0.25) is 4.79 Å². The topological polar surface area (TPSA) is 49.9 Å². The van der Waals surface area contributed by atoms with Gasteiger partial charge in [-0.25, -0.2) is 4.79 Å². The zero-order valence-electron chi connectivity index (χ0n) is 20.1. The molecule has 1 spiro atoms. The highest BCUT2D eigenvalue weighted by atomic mass is 16.6. The predicted molar refractivity (Wildman–Crippen MR) is 130 cm³/mol. The van der Waals surface area contributed by atoms with Crippen LogP contribution < -0.4 is 0 Å². The van der Waals surface area contributed by atoms with Gasteiger partial charge in [-0.2, -0.15) is 0 Å². The monoisotopic (exact) mass is 448 g/mol. The Kier molecular flexibility index (Phi) is 6.78. The lowest BCUT2D eigenvalue weighted by Crippen LogP contribution is -2.54. The second-order valence-electron chi connectivity index (χ2n) is 10.5. The molecule has 0 saturated carbocycles. The van der Waals surface area contributed by atoms with Crippen LogP contribution in [0.15, 0.2) is 60.7 Å². The van der Waals surface area contributed by atoms with Crippen molar-refractivity contribution in [2.24, 2.45) is 5.41 Å². The fraction of sp³-hybridized carbons (Fsp3) is 0.500. The SMILES string of the molecule is CC(C)(C)OC(=O)N1CCC2(CCN(C(=O)Cc3ccccc3)CC2)C(c2ccccc2)C1. The first-order valence-corrected chi connectivity index (χ1v) is 12.1. The highest BCUT2D eigenvalue weighted by Gasteiger charge is 2.47. The number of hydrogen-bond donors (Lipinski definition) is 0. The molecule has 0 bridgehead atoms. The molecule has 176 valence electrons. The number of amides is 2. The van der Waals surface area contributed by atoms with E-state index in [1.807, 2.05) is 67.0 Å². The lowest BCUT2D eigenvalue weighted by Gasteiger charge is -2.52. The summed E-state index contributed by atoms with van der Waals surface area (Å²) >= 11 is 0. The Morgan fingerprint density at radius 3 is 2.00 bits per heavy atom. The fourth-order valence-electron chi connectivity index (χ4n) is 5.36. The lowest BCUT2D eigenvalue weighted by atomic mass is 9.62. The highest BCUT2D eigenvalue weighted by molar-refractivity contribution is 5.78. The number of nitrogens with zero attached hydrogens (tertiary/aromatic N) is 2. The molecule has 5 heteroatoms. The molecule has 2 heterocycles. The van der Waals surface area contributed by atoms with Crippen LogP contribution in [0.2, 0.25) is 0 Å². The van der Waals surface area contributed by atoms with E-state index >= 15 is 0 Å². The van der Waals surface area contributed by atoms with Crippen molar-refractivity contribution < 1.29 is 14.3 Å². The van der Waals surface area contributed by atoms with Gasteiger partial charge in [-0.15, -0.1) is 0 Å². The molecular formula is C28H36N2O3. The summed E-state index contributed by atoms with van der Waals surface area (Å²) in [5.74, 6) is 0.449. The van der Waals surface area contributed by atoms with Gasteiger partial charge in [0.25, 0.3) is 0 Å². The third-order valence-electron chi connectivity index (χ3n) is 7.19. The van der Waals surface area contributed by atoms with E-state index in [9.17, 15) is 9.59 Å². The van der Waals surface area contributed by atoms with Crippen molar-refractivity contribution in [1.82, 2.24) is 9.80 Å². The molecule has 2 aliphatic heterocycles. The summed E-state index contributed by atoms with van der Waals surface area (Å²) in [5, 5.41) is 0. The van der Waals surface area contributed by atoms with Crippen LogP contribution in [-0.4, -0.2) is 53.6 Å². The number of carbonyl (C=O) groups excluding carboxylic acids is 2. The van der Waals surface area contributed by atoms with E-state index in [4.69, 9.17) is 4.74 Å². The maximum atomic E-state index is 12.9. The molecule has 1 atom stereocenters. The Bertz CT molecular complexity index is 944. The van der Waals surface area contributed by atoms with E-state index in [-0.39, 0.29) is 23.3 Å². The first-order valence-electron chi connectivity index (χ1n) is 12.1. The number of rotatable bonds is 3. The molecule has 2 aliphatic rings. The van der Waals surface area contributed by atoms with Crippen LogP contribution in [0.5, 0.6) is 0 Å². The number of benzene rings is 2. The van der Waals surface area contributed by atoms with Crippen molar-refractivity contribution >= 4 is 12.0 Å². The molecule has 0 aromatic heterocycles. The third-order valence-corrected chi connectivity index (χ3v) is 7.19. The maximum absolute atomic E-state index is 12.9. The molecule has 0 aliphatic carbocycles. The van der Waals surface area contributed by atoms with E-state index < -0.39 is 5.60 Å². The molecule has 2 aromatic carbocycles. The molecule has 2 amide bonds. The molecule has 0 N–H and O–H groups in total. The van der Waals surface area contributed by atoms with Gasteiger partial charge in [-0.1, -0.05) is 60.7 Å². The molecular weight excluding hydrogens is 412 g/mol. The molecule has 5 nitrogen and oxygen atoms in total. The van der Waals surface area contributed by atoms with Crippen LogP contribution in [-0.2, 0) is 16.0 Å². The summed E-state index contributed by atoms with van der Waals surface area (Å²) in [6, 6.07) is 20.5. The smallest absolute Gasteiger partial charge is 0.410 e. The molecule has 4 rings (SSSR count). The Balaban J connectivity index is 1.47. The van der Waals surface area contributed by atoms with Crippen molar-refractivity contribution in [3.05, 3.63) is 71.8 Å². The van der Waals surface area contributed by atoms with E-state index in [0.717, 1.165) is 37.9 Å². The van der Waals surface area contributed by atoms with E-state index in [0.29, 0.717) is 19.5 Å². The van der Waals surface area contributed by atoms with Gasteiger partial charge in [0.15, 0.2) is 0 Å². The maximum Gasteiger partial charge on any atom is 0.410 e. The first kappa shape index (κ1) is 23.3. The second-order valence-corrected chi connectivity index (χ2v) is 10.5. The van der Waals surface area contributed by atoms with Crippen LogP contribution in [0, 0.1) is 5.41 Å². The number of carbonyl (C=O) groups is 2.